The number of nitrogens with one attached hydrogen (secondary N) is 2. The molecule has 1 amide bonds. The molecule has 0 aliphatic carbocycles. The number of carboxylic acids is 1. The average Bonchev–Trinajstić information content (AvgIpc) is 3.47. The van der Waals surface area contributed by atoms with Crippen molar-refractivity contribution in [2.45, 2.75) is 12.7 Å². The van der Waals surface area contributed by atoms with Crippen molar-refractivity contribution in [1.82, 2.24) is 19.9 Å². The van der Waals surface area contributed by atoms with Gasteiger partial charge in [-0.3, -0.25) is 9.59 Å². The van der Waals surface area contributed by atoms with Crippen LogP contribution >= 0.6 is 11.3 Å². The van der Waals surface area contributed by atoms with Gasteiger partial charge in [0.2, 0.25) is 5.78 Å². The molecule has 0 fully saturated rings. The van der Waals surface area contributed by atoms with Gasteiger partial charge in [0.1, 0.15) is 22.3 Å². The number of ketones is 1. The summed E-state index contributed by atoms with van der Waals surface area (Å²) in [4.78, 5) is 41.9. The second-order valence-corrected chi connectivity index (χ2v) is 8.88. The number of nitrogen functional groups attached to an aromatic ring is 1. The Bertz CT molecular complexity index is 1520. The molecule has 0 bridgehead atoms. The lowest BCUT2D eigenvalue weighted by atomic mass is 10.1. The van der Waals surface area contributed by atoms with Gasteiger partial charge >= 0.3 is 12.1 Å². The molecule has 5 N–H and O–H groups in total. The number of aromatic nitrogens is 3. The Labute approximate surface area is 226 Å². The van der Waals surface area contributed by atoms with Crippen molar-refractivity contribution in [1.29, 1.82) is 0 Å². The molecule has 0 radical (unpaired) electrons. The Kier molecular flexibility index (Phi) is 9.15. The highest BCUT2D eigenvalue weighted by Gasteiger charge is 2.38. The topological polar surface area (TPSA) is 152 Å². The molecule has 0 saturated carbocycles. The highest BCUT2D eigenvalue weighted by molar-refractivity contribution is 7.18. The lowest BCUT2D eigenvalue weighted by molar-refractivity contribution is -0.192. The molecule has 2 heterocycles. The van der Waals surface area contributed by atoms with Crippen molar-refractivity contribution >= 4 is 45.6 Å². The van der Waals surface area contributed by atoms with Crippen LogP contribution in [0.3, 0.4) is 0 Å². The summed E-state index contributed by atoms with van der Waals surface area (Å²) in [6, 6.07) is 9.73. The van der Waals surface area contributed by atoms with Crippen molar-refractivity contribution in [3.8, 4) is 0 Å². The van der Waals surface area contributed by atoms with Gasteiger partial charge in [-0.05, 0) is 36.4 Å². The largest absolute Gasteiger partial charge is 0.490 e. The van der Waals surface area contributed by atoms with E-state index in [1.54, 1.807) is 35.2 Å². The predicted octanol–water partition coefficient (Wildman–Crippen LogP) is 4.27. The fourth-order valence-electron chi connectivity index (χ4n) is 3.04. The minimum atomic E-state index is -5.08. The molecule has 210 valence electrons. The number of carbonyl (C=O) groups is 3. The van der Waals surface area contributed by atoms with E-state index in [4.69, 9.17) is 15.6 Å². The number of aryl methyl sites for hydroxylation is 1. The first-order valence-electron chi connectivity index (χ1n) is 10.9. The fourth-order valence-corrected chi connectivity index (χ4v) is 3.89. The molecule has 2 aromatic carbocycles. The van der Waals surface area contributed by atoms with Crippen LogP contribution < -0.4 is 16.4 Å². The van der Waals surface area contributed by atoms with Crippen LogP contribution in [-0.4, -0.2) is 43.5 Å². The van der Waals surface area contributed by atoms with Crippen LogP contribution in [0.5, 0.6) is 0 Å². The second-order valence-electron chi connectivity index (χ2n) is 7.88. The monoisotopic (exact) mass is 582 g/mol. The van der Waals surface area contributed by atoms with Gasteiger partial charge in [0, 0.05) is 24.5 Å². The molecule has 4 rings (SSSR count). The molecule has 0 atom stereocenters. The summed E-state index contributed by atoms with van der Waals surface area (Å²) in [6.45, 7) is 0.303. The summed E-state index contributed by atoms with van der Waals surface area (Å²) in [6.07, 6.45) is -1.62. The van der Waals surface area contributed by atoms with E-state index in [0.717, 1.165) is 29.2 Å². The Morgan fingerprint density at radius 2 is 1.68 bits per heavy atom. The van der Waals surface area contributed by atoms with Gasteiger partial charge in [0.15, 0.2) is 5.13 Å². The number of halogens is 5. The first-order valence-corrected chi connectivity index (χ1v) is 11.7. The number of nitrogens with zero attached hydrogens (tertiary/aromatic N) is 3. The fraction of sp³-hybridized carbons (Fsp3) is 0.125. The molecule has 0 saturated heterocycles. The number of thiazole rings is 1. The molecule has 40 heavy (non-hydrogen) atoms. The number of rotatable bonds is 7. The van der Waals surface area contributed by atoms with Crippen molar-refractivity contribution in [2.24, 2.45) is 7.05 Å². The van der Waals surface area contributed by atoms with Crippen LogP contribution in [0.1, 0.15) is 31.3 Å². The number of carboxylic acid groups (broad SMARTS) is 1. The minimum Gasteiger partial charge on any atom is -0.475 e. The minimum absolute atomic E-state index is 0.0768. The molecule has 4 aromatic rings. The van der Waals surface area contributed by atoms with E-state index < -0.39 is 35.1 Å². The highest BCUT2D eigenvalue weighted by atomic mass is 32.1. The number of anilines is 3. The summed E-state index contributed by atoms with van der Waals surface area (Å²) < 4.78 is 61.4. The van der Waals surface area contributed by atoms with E-state index in [1.807, 2.05) is 13.2 Å². The van der Waals surface area contributed by atoms with E-state index in [1.165, 1.54) is 6.07 Å². The van der Waals surface area contributed by atoms with E-state index >= 15 is 0 Å². The number of benzene rings is 2. The molecule has 2 aromatic heterocycles. The lowest BCUT2D eigenvalue weighted by Gasteiger charge is -2.06. The van der Waals surface area contributed by atoms with Gasteiger partial charge in [-0.15, -0.1) is 0 Å². The summed E-state index contributed by atoms with van der Waals surface area (Å²) in [5.74, 6) is -5.98. The van der Waals surface area contributed by atoms with Crippen LogP contribution in [0.15, 0.2) is 55.0 Å². The number of amides is 1. The Balaban J connectivity index is 0.000000559. The Morgan fingerprint density at radius 3 is 2.20 bits per heavy atom. The molecule has 0 aliphatic heterocycles. The zero-order chi connectivity index (χ0) is 29.6. The molecular weight excluding hydrogens is 563 g/mol. The third kappa shape index (κ3) is 7.59. The number of hydrogen-bond acceptors (Lipinski definition) is 8. The zero-order valence-electron chi connectivity index (χ0n) is 20.3. The maximum Gasteiger partial charge on any atom is 0.490 e. The number of alkyl halides is 3. The normalized spacial score (nSPS) is 10.8. The van der Waals surface area contributed by atoms with E-state index in [2.05, 4.69) is 20.6 Å². The predicted molar refractivity (Wildman–Crippen MR) is 134 cm³/mol. The van der Waals surface area contributed by atoms with Crippen LogP contribution in [0.2, 0.25) is 0 Å². The molecule has 16 heteroatoms. The molecule has 0 aliphatic rings. The van der Waals surface area contributed by atoms with E-state index in [-0.39, 0.29) is 21.7 Å². The van der Waals surface area contributed by atoms with Crippen LogP contribution in [-0.2, 0) is 18.4 Å². The van der Waals surface area contributed by atoms with Crippen molar-refractivity contribution in [2.75, 3.05) is 11.1 Å². The first kappa shape index (κ1) is 29.7. The van der Waals surface area contributed by atoms with Crippen molar-refractivity contribution < 1.29 is 41.4 Å². The average molecular weight is 583 g/mol. The second kappa shape index (κ2) is 12.3. The number of carbonyl (C=O) groups excluding carboxylic acids is 2. The lowest BCUT2D eigenvalue weighted by Crippen LogP contribution is -2.22. The summed E-state index contributed by atoms with van der Waals surface area (Å²) in [5.41, 5.74) is 6.91. The van der Waals surface area contributed by atoms with E-state index in [0.29, 0.717) is 17.8 Å². The quantitative estimate of drug-likeness (QED) is 0.186. The standard InChI is InChI=1S/C22H18F2N6O2S.C2HF3O2/c1-30-10-14(27-11-30)9-26-21(32)12-5-7-13(8-6-12)28-22-29-20(25)19(33-22)18(31)17-15(23)3-2-4-16(17)24;3-2(4,5)1(6)7/h2-8,10-11H,9,25H2,1H3,(H,26,32)(H,28,29);(H,6,7). The van der Waals surface area contributed by atoms with Gasteiger partial charge < -0.3 is 26.0 Å². The molecule has 0 spiro atoms. The summed E-state index contributed by atoms with van der Waals surface area (Å²) in [5, 5.41) is 13.1. The third-order valence-corrected chi connectivity index (χ3v) is 5.86. The highest BCUT2D eigenvalue weighted by Crippen LogP contribution is 2.31. The number of aliphatic carboxylic acids is 1. The molecule has 10 nitrogen and oxygen atoms in total. The molecule has 0 unspecified atom stereocenters. The first-order chi connectivity index (χ1) is 18.8. The Morgan fingerprint density at radius 1 is 1.07 bits per heavy atom. The number of imidazole rings is 1. The van der Waals surface area contributed by atoms with Crippen LogP contribution in [0, 0.1) is 11.6 Å². The van der Waals surface area contributed by atoms with Crippen molar-refractivity contribution in [3.63, 3.8) is 0 Å². The summed E-state index contributed by atoms with van der Waals surface area (Å²) >= 11 is 0.875. The third-order valence-electron chi connectivity index (χ3n) is 4.88. The number of nitrogens with two attached hydrogens (primary N) is 1. The summed E-state index contributed by atoms with van der Waals surface area (Å²) in [7, 11) is 1.84. The Hall–Kier alpha value is -4.86. The van der Waals surface area contributed by atoms with Gasteiger partial charge in [0.25, 0.3) is 5.91 Å². The van der Waals surface area contributed by atoms with Crippen LogP contribution in [0.25, 0.3) is 0 Å². The maximum absolute atomic E-state index is 14.0. The van der Waals surface area contributed by atoms with Gasteiger partial charge in [-0.1, -0.05) is 17.4 Å². The SMILES string of the molecule is Cn1cnc(CNC(=O)c2ccc(Nc3nc(N)c(C(=O)c4c(F)cccc4F)s3)cc2)c1.O=C(O)C(F)(F)F. The smallest absolute Gasteiger partial charge is 0.475 e. The zero-order valence-corrected chi connectivity index (χ0v) is 21.1. The van der Waals surface area contributed by atoms with Crippen molar-refractivity contribution in [3.05, 3.63) is 88.3 Å². The van der Waals surface area contributed by atoms with E-state index in [9.17, 15) is 31.5 Å². The van der Waals surface area contributed by atoms with Gasteiger partial charge in [-0.25, -0.2) is 23.5 Å². The maximum atomic E-state index is 14.0. The molecular formula is C24H19F5N6O4S. The van der Waals surface area contributed by atoms with Gasteiger partial charge in [0.05, 0.1) is 24.1 Å². The van der Waals surface area contributed by atoms with Gasteiger partial charge in [-0.2, -0.15) is 13.2 Å². The van der Waals surface area contributed by atoms with Crippen LogP contribution in [0.4, 0.5) is 38.6 Å². The number of hydrogen-bond donors (Lipinski definition) is 4.